The molecule has 0 bridgehead atoms. The Morgan fingerprint density at radius 2 is 0.696 bits per heavy atom. The summed E-state index contributed by atoms with van der Waals surface area (Å²) >= 11 is 0. The lowest BCUT2D eigenvalue weighted by atomic mass is 10.0. The van der Waals surface area contributed by atoms with Gasteiger partial charge in [-0.2, -0.15) is 0 Å². The first-order chi connectivity index (χ1) is 47.9. The van der Waals surface area contributed by atoms with Gasteiger partial charge in [-0.05, 0) is 98.3 Å². The molecule has 3 atom stereocenters. The lowest BCUT2D eigenvalue weighted by Crippen LogP contribution is -2.48. The van der Waals surface area contributed by atoms with Gasteiger partial charge in [0, 0.05) is 192 Å². The number of ether oxygens (including phenoxy) is 3. The highest BCUT2D eigenvalue weighted by molar-refractivity contribution is 5.73. The number of aliphatic carboxylic acids is 3. The highest BCUT2D eigenvalue weighted by atomic mass is 16.6. The SMILES string of the molecule is CC(C)(C)OC(=O)CNC(Cc1ccc([N+](=O)[O-])cc1)CN1CCN(CC(=O)OC(C)(C)C)CCN(CC(=O)OC(C)(C)C)CC1.NC(Cc1ccc([N+](=O)[O-])cc1)CN1CCNCCNCC1.O=C(O)CNC(Cc1ccc([N+](=O)[O-])cc1)CN1CCN(CC(=O)O)CCN(CC(=O)O)CC1. The van der Waals surface area contributed by atoms with Crippen LogP contribution in [-0.4, -0.2) is 312 Å². The molecular weight excluding hydrogens is 1330 g/mol. The van der Waals surface area contributed by atoms with Gasteiger partial charge in [-0.3, -0.25) is 93.4 Å². The molecule has 0 amide bonds. The molecule has 3 aliphatic heterocycles. The number of nitro benzene ring substituents is 3. The summed E-state index contributed by atoms with van der Waals surface area (Å²) in [7, 11) is 0. The summed E-state index contributed by atoms with van der Waals surface area (Å²) in [6.07, 6.45) is 1.68. The number of nitrogens with two attached hydrogens (primary N) is 1. The molecule has 570 valence electrons. The third-order valence-corrected chi connectivity index (χ3v) is 16.2. The number of rotatable bonds is 29. The van der Waals surface area contributed by atoms with Crippen molar-refractivity contribution in [3.05, 3.63) is 120 Å². The van der Waals surface area contributed by atoms with Gasteiger partial charge in [0.15, 0.2) is 0 Å². The molecule has 3 heterocycles. The van der Waals surface area contributed by atoms with Gasteiger partial charge in [-0.15, -0.1) is 0 Å². The van der Waals surface area contributed by atoms with Crippen molar-refractivity contribution in [2.45, 2.75) is 117 Å². The maximum atomic E-state index is 12.7. The van der Waals surface area contributed by atoms with Crippen molar-refractivity contribution in [1.29, 1.82) is 0 Å². The molecule has 3 aromatic carbocycles. The molecule has 33 heteroatoms. The minimum absolute atomic E-state index is 0.00169. The molecule has 0 saturated carbocycles. The van der Waals surface area contributed by atoms with Crippen LogP contribution >= 0.6 is 0 Å². The second kappa shape index (κ2) is 44.0. The van der Waals surface area contributed by atoms with E-state index in [1.165, 1.54) is 36.4 Å². The molecule has 0 spiro atoms. The minimum Gasteiger partial charge on any atom is -0.480 e. The summed E-state index contributed by atoms with van der Waals surface area (Å²) in [4.78, 5) is 117. The Morgan fingerprint density at radius 3 is 1.00 bits per heavy atom. The average molecular weight is 1440 g/mol. The summed E-state index contributed by atoms with van der Waals surface area (Å²) in [5, 5.41) is 73.3. The minimum atomic E-state index is -1.02. The quantitative estimate of drug-likeness (QED) is 0.0214. The molecule has 0 aliphatic carbocycles. The summed E-state index contributed by atoms with van der Waals surface area (Å²) in [6, 6.07) is 18.7. The van der Waals surface area contributed by atoms with Crippen LogP contribution in [0.4, 0.5) is 17.1 Å². The predicted octanol–water partition coefficient (Wildman–Crippen LogP) is 2.27. The van der Waals surface area contributed by atoms with Crippen LogP contribution in [0.5, 0.6) is 0 Å². The van der Waals surface area contributed by atoms with Crippen molar-refractivity contribution < 1.29 is 73.1 Å². The monoisotopic (exact) mass is 1440 g/mol. The zero-order chi connectivity index (χ0) is 75.6. The Balaban J connectivity index is 0.000000345. The number of carboxylic acid groups (broad SMARTS) is 3. The van der Waals surface area contributed by atoms with Gasteiger partial charge in [0.25, 0.3) is 17.1 Å². The Bertz CT molecular complexity index is 3020. The number of carbonyl (C=O) groups is 6. The Kier molecular flexibility index (Phi) is 37.4. The number of non-ortho nitro benzene ring substituents is 3. The maximum Gasteiger partial charge on any atom is 0.320 e. The third-order valence-electron chi connectivity index (χ3n) is 16.2. The summed E-state index contributed by atoms with van der Waals surface area (Å²) in [5.74, 6) is -3.94. The fourth-order valence-corrected chi connectivity index (χ4v) is 11.4. The first kappa shape index (κ1) is 86.6. The lowest BCUT2D eigenvalue weighted by Gasteiger charge is -2.30. The van der Waals surface area contributed by atoms with Crippen molar-refractivity contribution in [3.8, 4) is 0 Å². The molecule has 3 aromatic rings. The number of esters is 3. The highest BCUT2D eigenvalue weighted by Gasteiger charge is 2.28. The average Bonchev–Trinajstić information content (AvgIpc) is 0.940. The van der Waals surface area contributed by atoms with Crippen molar-refractivity contribution in [2.75, 3.05) is 177 Å². The highest BCUT2D eigenvalue weighted by Crippen LogP contribution is 2.19. The van der Waals surface area contributed by atoms with Crippen LogP contribution in [0.15, 0.2) is 72.8 Å². The maximum absolute atomic E-state index is 12.7. The van der Waals surface area contributed by atoms with E-state index >= 15 is 0 Å². The van der Waals surface area contributed by atoms with E-state index in [0.717, 1.165) is 68.9 Å². The Labute approximate surface area is 598 Å². The number of nitrogens with zero attached hydrogens (tertiary/aromatic N) is 10. The summed E-state index contributed by atoms with van der Waals surface area (Å²) < 4.78 is 16.7. The van der Waals surface area contributed by atoms with Crippen LogP contribution in [0.3, 0.4) is 0 Å². The largest absolute Gasteiger partial charge is 0.480 e. The van der Waals surface area contributed by atoms with Gasteiger partial charge in [0.2, 0.25) is 0 Å². The summed E-state index contributed by atoms with van der Waals surface area (Å²) in [6.45, 7) is 30.3. The zero-order valence-corrected chi connectivity index (χ0v) is 60.9. The second-order valence-electron chi connectivity index (χ2n) is 28.7. The van der Waals surface area contributed by atoms with Gasteiger partial charge < -0.3 is 56.5 Å². The van der Waals surface area contributed by atoms with Crippen molar-refractivity contribution in [1.82, 2.24) is 55.6 Å². The number of carbonyl (C=O) groups excluding carboxylic acids is 3. The van der Waals surface area contributed by atoms with Crippen LogP contribution in [-0.2, 0) is 62.2 Å². The topological polar surface area (TPSA) is 417 Å². The summed E-state index contributed by atoms with van der Waals surface area (Å²) in [5.41, 5.74) is 7.25. The smallest absolute Gasteiger partial charge is 0.320 e. The van der Waals surface area contributed by atoms with Crippen LogP contribution in [0.25, 0.3) is 0 Å². The first-order valence-electron chi connectivity index (χ1n) is 34.7. The van der Waals surface area contributed by atoms with Gasteiger partial charge in [-0.25, -0.2) is 0 Å². The molecule has 3 saturated heterocycles. The first-order valence-corrected chi connectivity index (χ1v) is 34.7. The zero-order valence-electron chi connectivity index (χ0n) is 60.9. The number of carboxylic acids is 3. The second-order valence-corrected chi connectivity index (χ2v) is 28.7. The molecule has 3 fully saturated rings. The molecule has 0 radical (unpaired) electrons. The van der Waals surface area contributed by atoms with E-state index in [-0.39, 0.29) is 97.3 Å². The Hall–Kier alpha value is -7.80. The van der Waals surface area contributed by atoms with Crippen LogP contribution < -0.4 is 27.0 Å². The van der Waals surface area contributed by atoms with E-state index in [1.54, 1.807) is 46.2 Å². The van der Waals surface area contributed by atoms with E-state index in [9.17, 15) is 69.3 Å². The van der Waals surface area contributed by atoms with E-state index in [1.807, 2.05) is 72.1 Å². The molecule has 0 aromatic heterocycles. The van der Waals surface area contributed by atoms with E-state index in [0.29, 0.717) is 104 Å². The van der Waals surface area contributed by atoms with Gasteiger partial charge in [-0.1, -0.05) is 36.4 Å². The third kappa shape index (κ3) is 39.0. The number of nitrogens with one attached hydrogen (secondary N) is 4. The Morgan fingerprint density at radius 1 is 0.412 bits per heavy atom. The van der Waals surface area contributed by atoms with Crippen LogP contribution in [0.1, 0.15) is 79.0 Å². The van der Waals surface area contributed by atoms with E-state index in [2.05, 4.69) is 36.0 Å². The van der Waals surface area contributed by atoms with E-state index < -0.39 is 44.6 Å². The van der Waals surface area contributed by atoms with Crippen molar-refractivity contribution in [3.63, 3.8) is 0 Å². The number of nitro groups is 3. The van der Waals surface area contributed by atoms with E-state index in [4.69, 9.17) is 25.1 Å². The number of hydrogen-bond acceptors (Lipinski definition) is 27. The molecule has 3 aliphatic rings. The predicted molar refractivity (Wildman–Crippen MR) is 383 cm³/mol. The molecule has 3 unspecified atom stereocenters. The number of hydrogen-bond donors (Lipinski definition) is 8. The number of benzene rings is 3. The van der Waals surface area contributed by atoms with Crippen molar-refractivity contribution >= 4 is 52.9 Å². The van der Waals surface area contributed by atoms with Gasteiger partial charge in [0.1, 0.15) is 16.8 Å². The standard InChI is InChI=1S/C33H55N5O8.C21H31N5O8.C15H25N5O2/c1-31(2,3)44-28(39)21-34-26(20-25-10-12-27(13-11-25)38(42)43)22-35-14-16-36(23-29(40)45-32(4,5)6)18-19-37(17-15-35)24-30(41)46-33(7,8)9;27-19(28)12-22-17(11-16-1-3-18(4-2-16)26(33)34)13-23-5-7-24(14-20(29)30)9-10-25(8-6-23)15-21(31)32;16-14(11-13-1-3-15(4-2-13)20(21)22)12-19-9-7-17-5-6-18-8-10-19/h10-13,26,34H,14-24H2,1-9H3;1-4,17,22H,5-15H2,(H,27,28)(H,29,30)(H,31,32);1-4,14,17-18H,5-12,16H2. The van der Waals surface area contributed by atoms with Crippen LogP contribution in [0.2, 0.25) is 0 Å². The van der Waals surface area contributed by atoms with Gasteiger partial charge >= 0.3 is 35.8 Å². The molecule has 6 rings (SSSR count). The normalized spacial score (nSPS) is 17.5. The van der Waals surface area contributed by atoms with Gasteiger partial charge in [0.05, 0.1) is 54.0 Å². The fourth-order valence-electron chi connectivity index (χ4n) is 11.4. The molecular formula is C69H111N15O18. The molecule has 9 N–H and O–H groups in total. The van der Waals surface area contributed by atoms with Crippen molar-refractivity contribution in [2.24, 2.45) is 5.73 Å². The van der Waals surface area contributed by atoms with Crippen LogP contribution in [0, 0.1) is 30.3 Å². The lowest BCUT2D eigenvalue weighted by molar-refractivity contribution is -0.385. The molecule has 33 nitrogen and oxygen atoms in total. The molecule has 102 heavy (non-hydrogen) atoms. The fraction of sp³-hybridized carbons (Fsp3) is 0.652.